The van der Waals surface area contributed by atoms with Crippen molar-refractivity contribution < 1.29 is 19.1 Å². The van der Waals surface area contributed by atoms with E-state index < -0.39 is 17.9 Å². The van der Waals surface area contributed by atoms with Gasteiger partial charge in [0.15, 0.2) is 0 Å². The molecule has 1 aromatic carbocycles. The third-order valence-corrected chi connectivity index (χ3v) is 6.60. The Balaban J connectivity index is 1.58. The molecular formula is C26H31N7O4S. The monoisotopic (exact) mass is 537 g/mol. The number of amides is 2. The van der Waals surface area contributed by atoms with Crippen LogP contribution in [-0.4, -0.2) is 60.2 Å². The minimum atomic E-state index is -1.09. The molecule has 0 saturated heterocycles. The molecule has 0 aliphatic carbocycles. The molecule has 12 heteroatoms. The van der Waals surface area contributed by atoms with E-state index in [9.17, 15) is 14.4 Å². The van der Waals surface area contributed by atoms with Crippen molar-refractivity contribution in [3.05, 3.63) is 68.7 Å². The fourth-order valence-corrected chi connectivity index (χ4v) is 4.42. The Morgan fingerprint density at radius 1 is 1.16 bits per heavy atom. The Labute approximate surface area is 224 Å². The van der Waals surface area contributed by atoms with E-state index in [1.807, 2.05) is 18.2 Å². The fraction of sp³-hybridized carbons (Fsp3) is 0.308. The number of thiophene rings is 1. The van der Waals surface area contributed by atoms with Gasteiger partial charge < -0.3 is 31.8 Å². The fourth-order valence-electron chi connectivity index (χ4n) is 3.78. The largest absolute Gasteiger partial charge is 0.467 e. The smallest absolute Gasteiger partial charge is 0.330 e. The molecule has 0 radical (unpaired) electrons. The molecule has 0 bridgehead atoms. The molecule has 0 aliphatic rings. The highest BCUT2D eigenvalue weighted by Gasteiger charge is 2.25. The zero-order chi connectivity index (χ0) is 27.7. The normalized spacial score (nSPS) is 11.3. The van der Waals surface area contributed by atoms with Gasteiger partial charge in [-0.15, -0.1) is 11.3 Å². The minimum absolute atomic E-state index is 0.135. The lowest BCUT2D eigenvalue weighted by Crippen LogP contribution is -2.49. The topological polar surface area (TPSA) is 172 Å². The van der Waals surface area contributed by atoms with Gasteiger partial charge in [-0.1, -0.05) is 18.2 Å². The van der Waals surface area contributed by atoms with Gasteiger partial charge in [0, 0.05) is 30.6 Å². The van der Waals surface area contributed by atoms with Crippen molar-refractivity contribution in [3.8, 4) is 0 Å². The van der Waals surface area contributed by atoms with Crippen LogP contribution in [-0.2, 0) is 16.0 Å². The third-order valence-electron chi connectivity index (χ3n) is 5.73. The number of rotatable bonds is 12. The highest BCUT2D eigenvalue weighted by atomic mass is 32.1. The van der Waals surface area contributed by atoms with E-state index in [2.05, 4.69) is 25.9 Å². The summed E-state index contributed by atoms with van der Waals surface area (Å²) in [4.78, 5) is 46.8. The number of hydrogen-bond acceptors (Lipinski definition) is 10. The first kappa shape index (κ1) is 28.3. The van der Waals surface area contributed by atoms with E-state index in [1.165, 1.54) is 24.7 Å². The van der Waals surface area contributed by atoms with Crippen molar-refractivity contribution in [1.29, 1.82) is 5.41 Å². The van der Waals surface area contributed by atoms with Crippen LogP contribution in [0, 0.1) is 19.3 Å². The number of hydrogen-bond donors (Lipinski definition) is 5. The number of methoxy groups -OCH3 is 1. The van der Waals surface area contributed by atoms with Gasteiger partial charge in [-0.05, 0) is 49.8 Å². The summed E-state index contributed by atoms with van der Waals surface area (Å²) in [5.41, 5.74) is 9.41. The van der Waals surface area contributed by atoms with E-state index >= 15 is 0 Å². The molecule has 0 unspecified atom stereocenters. The number of nitrogens with zero attached hydrogens (tertiary/aromatic N) is 2. The van der Waals surface area contributed by atoms with Crippen LogP contribution in [0.1, 0.15) is 49.0 Å². The zero-order valence-corrected chi connectivity index (χ0v) is 22.3. The van der Waals surface area contributed by atoms with Crippen molar-refractivity contribution in [2.45, 2.75) is 32.7 Å². The zero-order valence-electron chi connectivity index (χ0n) is 21.5. The lowest BCUT2D eigenvalue weighted by molar-refractivity contribution is -0.142. The van der Waals surface area contributed by atoms with E-state index in [0.717, 1.165) is 18.4 Å². The van der Waals surface area contributed by atoms with Crippen molar-refractivity contribution in [2.24, 2.45) is 0 Å². The molecular weight excluding hydrogens is 506 g/mol. The van der Waals surface area contributed by atoms with Crippen LogP contribution in [0.25, 0.3) is 0 Å². The standard InChI is InChI=1S/C26H31N7O4S/c1-15-22(24(35)33-20(25(36)37-3)14-30-23(34)21-7-5-11-38-21)16(2)32-26(31-15)29-10-4-6-17-8-9-18(13-27)19(28)12-17/h5,7-9,11-13,20,27H,4,6,10,14,28H2,1-3H3,(H,30,34)(H,33,35)(H,29,31,32)/t20-/m0/s1. The molecule has 2 amide bonds. The van der Waals surface area contributed by atoms with Crippen LogP contribution in [0.3, 0.4) is 0 Å². The van der Waals surface area contributed by atoms with Crippen LogP contribution in [0.5, 0.6) is 0 Å². The number of anilines is 2. The Morgan fingerprint density at radius 2 is 1.89 bits per heavy atom. The molecule has 38 heavy (non-hydrogen) atoms. The molecule has 200 valence electrons. The summed E-state index contributed by atoms with van der Waals surface area (Å²) < 4.78 is 4.80. The SMILES string of the molecule is COC(=O)[C@H](CNC(=O)c1cccs1)NC(=O)c1c(C)nc(NCCCc2ccc(C=N)c(N)c2)nc1C. The lowest BCUT2D eigenvalue weighted by Gasteiger charge is -2.18. The second-order valence-corrected chi connectivity index (χ2v) is 9.42. The molecule has 1 atom stereocenters. The van der Waals surface area contributed by atoms with Crippen molar-refractivity contribution in [2.75, 3.05) is 31.2 Å². The maximum Gasteiger partial charge on any atom is 0.330 e. The molecule has 3 aromatic rings. The number of nitrogens with one attached hydrogen (secondary N) is 4. The van der Waals surface area contributed by atoms with Gasteiger partial charge in [0.05, 0.1) is 28.9 Å². The molecule has 3 rings (SSSR count). The quantitative estimate of drug-likeness (QED) is 0.101. The van der Waals surface area contributed by atoms with E-state index in [-0.39, 0.29) is 18.0 Å². The van der Waals surface area contributed by atoms with Crippen LogP contribution < -0.4 is 21.7 Å². The van der Waals surface area contributed by atoms with Gasteiger partial charge in [-0.3, -0.25) is 9.59 Å². The predicted octanol–water partition coefficient (Wildman–Crippen LogP) is 2.48. The Hall–Kier alpha value is -4.32. The first-order valence-corrected chi connectivity index (χ1v) is 12.8. The number of ether oxygens (including phenoxy) is 1. The van der Waals surface area contributed by atoms with E-state index in [4.69, 9.17) is 15.9 Å². The van der Waals surface area contributed by atoms with Crippen LogP contribution in [0.4, 0.5) is 11.6 Å². The van der Waals surface area contributed by atoms with Crippen LogP contribution in [0.15, 0.2) is 35.7 Å². The van der Waals surface area contributed by atoms with Gasteiger partial charge in [-0.2, -0.15) is 0 Å². The maximum atomic E-state index is 13.0. The van der Waals surface area contributed by atoms with Crippen molar-refractivity contribution in [3.63, 3.8) is 0 Å². The van der Waals surface area contributed by atoms with E-state index in [0.29, 0.717) is 40.0 Å². The summed E-state index contributed by atoms with van der Waals surface area (Å²) in [5, 5.41) is 17.5. The molecule has 6 N–H and O–H groups in total. The van der Waals surface area contributed by atoms with Gasteiger partial charge >= 0.3 is 5.97 Å². The number of carbonyl (C=O) groups is 3. The van der Waals surface area contributed by atoms with Crippen LogP contribution >= 0.6 is 11.3 Å². The van der Waals surface area contributed by atoms with Crippen LogP contribution in [0.2, 0.25) is 0 Å². The number of carbonyl (C=O) groups excluding carboxylic acids is 3. The molecule has 2 heterocycles. The van der Waals surface area contributed by atoms with Crippen molar-refractivity contribution >= 4 is 47.0 Å². The summed E-state index contributed by atoms with van der Waals surface area (Å²) in [5.74, 6) is -1.18. The number of benzene rings is 1. The highest BCUT2D eigenvalue weighted by Crippen LogP contribution is 2.16. The van der Waals surface area contributed by atoms with Crippen molar-refractivity contribution in [1.82, 2.24) is 20.6 Å². The van der Waals surface area contributed by atoms with E-state index in [1.54, 1.807) is 31.4 Å². The number of aromatic nitrogens is 2. The Morgan fingerprint density at radius 3 is 2.50 bits per heavy atom. The summed E-state index contributed by atoms with van der Waals surface area (Å²) in [7, 11) is 1.21. The number of aryl methyl sites for hydroxylation is 3. The first-order valence-electron chi connectivity index (χ1n) is 11.9. The average molecular weight is 538 g/mol. The molecule has 2 aromatic heterocycles. The lowest BCUT2D eigenvalue weighted by atomic mass is 10.1. The maximum absolute atomic E-state index is 13.0. The second kappa shape index (κ2) is 13.3. The van der Waals surface area contributed by atoms with Gasteiger partial charge in [0.25, 0.3) is 11.8 Å². The number of nitrogens with two attached hydrogens (primary N) is 1. The van der Waals surface area contributed by atoms with Gasteiger partial charge in [-0.25, -0.2) is 14.8 Å². The molecule has 0 spiro atoms. The highest BCUT2D eigenvalue weighted by molar-refractivity contribution is 7.12. The summed E-state index contributed by atoms with van der Waals surface area (Å²) in [6.07, 6.45) is 2.81. The molecule has 0 saturated carbocycles. The second-order valence-electron chi connectivity index (χ2n) is 8.47. The van der Waals surface area contributed by atoms with Gasteiger partial charge in [0.2, 0.25) is 5.95 Å². The summed E-state index contributed by atoms with van der Waals surface area (Å²) in [6, 6.07) is 7.97. The molecule has 11 nitrogen and oxygen atoms in total. The third kappa shape index (κ3) is 7.35. The van der Waals surface area contributed by atoms with Gasteiger partial charge in [0.1, 0.15) is 6.04 Å². The Kier molecular flexibility index (Phi) is 9.88. The minimum Gasteiger partial charge on any atom is -0.467 e. The summed E-state index contributed by atoms with van der Waals surface area (Å²) >= 11 is 1.27. The summed E-state index contributed by atoms with van der Waals surface area (Å²) in [6.45, 7) is 3.84. The molecule has 0 aliphatic heterocycles. The number of nitrogen functional groups attached to an aromatic ring is 1. The predicted molar refractivity (Wildman–Crippen MR) is 147 cm³/mol. The average Bonchev–Trinajstić information content (AvgIpc) is 3.43. The first-order chi connectivity index (χ1) is 18.2. The number of esters is 1. The molecule has 0 fully saturated rings. The Bertz CT molecular complexity index is 1290.